The lowest BCUT2D eigenvalue weighted by Gasteiger charge is -2.11. The highest BCUT2D eigenvalue weighted by Crippen LogP contribution is 2.35. The second-order valence-corrected chi connectivity index (χ2v) is 6.52. The first kappa shape index (κ1) is 16.2. The van der Waals surface area contributed by atoms with E-state index in [2.05, 4.69) is 0 Å². The zero-order valence-electron chi connectivity index (χ0n) is 12.0. The van der Waals surface area contributed by atoms with Crippen molar-refractivity contribution >= 4 is 46.0 Å². The molecule has 0 unspecified atom stereocenters. The largest absolute Gasteiger partial charge is 0.507 e. The van der Waals surface area contributed by atoms with Gasteiger partial charge >= 0.3 is 0 Å². The van der Waals surface area contributed by atoms with Crippen LogP contribution in [0.1, 0.15) is 11.3 Å². The van der Waals surface area contributed by atoms with E-state index in [9.17, 15) is 20.0 Å². The first-order valence-electron chi connectivity index (χ1n) is 6.71. The number of nitro benzene ring substituents is 1. The van der Waals surface area contributed by atoms with Gasteiger partial charge in [-0.3, -0.25) is 19.8 Å². The summed E-state index contributed by atoms with van der Waals surface area (Å²) in [5, 5.41) is 20.7. The van der Waals surface area contributed by atoms with Crippen molar-refractivity contribution in [2.24, 2.45) is 0 Å². The summed E-state index contributed by atoms with van der Waals surface area (Å²) in [6, 6.07) is 7.05. The van der Waals surface area contributed by atoms with E-state index >= 15 is 0 Å². The average Bonchev–Trinajstić information content (AvgIpc) is 3.14. The molecule has 1 aliphatic heterocycles. The predicted molar refractivity (Wildman–Crippen MR) is 92.2 cm³/mol. The van der Waals surface area contributed by atoms with Gasteiger partial charge in [-0.25, -0.2) is 0 Å². The number of nitrogens with zero attached hydrogens (tertiary/aromatic N) is 2. The Bertz CT molecular complexity index is 861. The Balaban J connectivity index is 1.89. The number of phenolic OH excluding ortho intramolecular Hbond substituents is 1. The zero-order valence-corrected chi connectivity index (χ0v) is 13.7. The second kappa shape index (κ2) is 6.46. The predicted octanol–water partition coefficient (Wildman–Crippen LogP) is 3.29. The molecule has 0 atom stereocenters. The monoisotopic (exact) mass is 362 g/mol. The van der Waals surface area contributed by atoms with Crippen molar-refractivity contribution < 1.29 is 19.2 Å². The molecule has 1 aromatic heterocycles. The normalized spacial score (nSPS) is 16.2. The molecule has 1 aromatic carbocycles. The number of thiocarbonyl (C=S) groups is 1. The van der Waals surface area contributed by atoms with Gasteiger partial charge in [0.1, 0.15) is 15.8 Å². The van der Waals surface area contributed by atoms with Crippen LogP contribution in [0.2, 0.25) is 0 Å². The number of hydrogen-bond donors (Lipinski definition) is 1. The number of amides is 1. The molecular weight excluding hydrogens is 352 g/mol. The van der Waals surface area contributed by atoms with Crippen LogP contribution < -0.4 is 0 Å². The summed E-state index contributed by atoms with van der Waals surface area (Å²) in [5.41, 5.74) is 0.00723. The van der Waals surface area contributed by atoms with Crippen molar-refractivity contribution in [1.82, 2.24) is 4.90 Å². The average molecular weight is 362 g/mol. The topological polar surface area (TPSA) is 96.8 Å². The van der Waals surface area contributed by atoms with Gasteiger partial charge in [0.15, 0.2) is 0 Å². The Morgan fingerprint density at radius 1 is 1.42 bits per heavy atom. The molecule has 122 valence electrons. The molecule has 7 nitrogen and oxygen atoms in total. The number of hydrogen-bond acceptors (Lipinski definition) is 7. The fourth-order valence-electron chi connectivity index (χ4n) is 2.11. The van der Waals surface area contributed by atoms with E-state index in [-0.39, 0.29) is 34.4 Å². The molecule has 1 fully saturated rings. The lowest BCUT2D eigenvalue weighted by molar-refractivity contribution is -0.384. The fourth-order valence-corrected chi connectivity index (χ4v) is 3.35. The van der Waals surface area contributed by atoms with Crippen LogP contribution in [0.4, 0.5) is 5.69 Å². The first-order valence-corrected chi connectivity index (χ1v) is 7.93. The van der Waals surface area contributed by atoms with Crippen LogP contribution in [-0.2, 0) is 11.3 Å². The minimum Gasteiger partial charge on any atom is -0.507 e. The van der Waals surface area contributed by atoms with Gasteiger partial charge in [-0.05, 0) is 24.3 Å². The molecule has 3 rings (SSSR count). The molecule has 2 aromatic rings. The van der Waals surface area contributed by atoms with Gasteiger partial charge in [-0.15, -0.1) is 0 Å². The third kappa shape index (κ3) is 3.17. The van der Waals surface area contributed by atoms with Crippen LogP contribution in [-0.4, -0.2) is 25.2 Å². The molecule has 0 bridgehead atoms. The number of aromatic hydroxyl groups is 1. The maximum Gasteiger partial charge on any atom is 0.270 e. The van der Waals surface area contributed by atoms with Crippen molar-refractivity contribution in [2.75, 3.05) is 0 Å². The lowest BCUT2D eigenvalue weighted by Crippen LogP contribution is -2.27. The van der Waals surface area contributed by atoms with Crippen molar-refractivity contribution in [3.63, 3.8) is 0 Å². The third-order valence-corrected chi connectivity index (χ3v) is 4.65. The Morgan fingerprint density at radius 3 is 2.88 bits per heavy atom. The molecule has 0 saturated carbocycles. The van der Waals surface area contributed by atoms with Gasteiger partial charge in [-0.2, -0.15) is 0 Å². The van der Waals surface area contributed by atoms with Crippen LogP contribution in [0.5, 0.6) is 5.75 Å². The Kier molecular flexibility index (Phi) is 4.36. The van der Waals surface area contributed by atoms with E-state index in [0.29, 0.717) is 10.1 Å². The lowest BCUT2D eigenvalue weighted by atomic mass is 10.1. The third-order valence-electron chi connectivity index (χ3n) is 3.28. The van der Waals surface area contributed by atoms with E-state index in [4.69, 9.17) is 16.6 Å². The highest BCUT2D eigenvalue weighted by atomic mass is 32.2. The molecular formula is C15H10N2O5S2. The van der Waals surface area contributed by atoms with E-state index in [0.717, 1.165) is 11.8 Å². The summed E-state index contributed by atoms with van der Waals surface area (Å²) in [7, 11) is 0. The van der Waals surface area contributed by atoms with E-state index in [1.807, 2.05) is 0 Å². The van der Waals surface area contributed by atoms with Crippen molar-refractivity contribution in [2.45, 2.75) is 6.54 Å². The SMILES string of the molecule is O=C1/C(=C/c2cc([N+](=O)[O-])ccc2O)SC(=S)N1Cc1ccco1. The van der Waals surface area contributed by atoms with Gasteiger partial charge in [0.05, 0.1) is 22.6 Å². The summed E-state index contributed by atoms with van der Waals surface area (Å²) >= 11 is 6.27. The number of nitro groups is 1. The quantitative estimate of drug-likeness (QED) is 0.386. The van der Waals surface area contributed by atoms with Gasteiger partial charge in [0.2, 0.25) is 0 Å². The number of furan rings is 1. The van der Waals surface area contributed by atoms with Crippen LogP contribution in [0, 0.1) is 10.1 Å². The Labute approximate surface area is 145 Å². The van der Waals surface area contributed by atoms with Crippen molar-refractivity contribution in [1.29, 1.82) is 0 Å². The first-order chi connectivity index (χ1) is 11.5. The van der Waals surface area contributed by atoms with Gasteiger partial charge in [0, 0.05) is 17.7 Å². The number of phenols is 1. The maximum atomic E-state index is 12.5. The summed E-state index contributed by atoms with van der Waals surface area (Å²) in [4.78, 5) is 24.4. The molecule has 1 amide bonds. The number of carbonyl (C=O) groups is 1. The summed E-state index contributed by atoms with van der Waals surface area (Å²) < 4.78 is 5.56. The van der Waals surface area contributed by atoms with Crippen molar-refractivity contribution in [3.8, 4) is 5.75 Å². The maximum absolute atomic E-state index is 12.5. The standard InChI is InChI=1S/C15H10N2O5S2/c18-12-4-3-10(17(20)21)6-9(12)7-13-14(19)16(15(23)24-13)8-11-2-1-5-22-11/h1-7,18H,8H2/b13-7-. The molecule has 0 aliphatic carbocycles. The molecule has 1 N–H and O–H groups in total. The molecule has 0 radical (unpaired) electrons. The van der Waals surface area contributed by atoms with E-state index in [1.165, 1.54) is 35.4 Å². The minimum absolute atomic E-state index is 0.156. The number of rotatable bonds is 4. The number of benzene rings is 1. The highest BCUT2D eigenvalue weighted by Gasteiger charge is 2.32. The smallest absolute Gasteiger partial charge is 0.270 e. The minimum atomic E-state index is -0.571. The summed E-state index contributed by atoms with van der Waals surface area (Å²) in [6.45, 7) is 0.204. The van der Waals surface area contributed by atoms with Gasteiger partial charge in [-0.1, -0.05) is 24.0 Å². The molecule has 24 heavy (non-hydrogen) atoms. The molecule has 1 saturated heterocycles. The van der Waals surface area contributed by atoms with Crippen LogP contribution in [0.15, 0.2) is 45.9 Å². The fraction of sp³-hybridized carbons (Fsp3) is 0.0667. The molecule has 0 spiro atoms. The second-order valence-electron chi connectivity index (χ2n) is 4.85. The highest BCUT2D eigenvalue weighted by molar-refractivity contribution is 8.26. The van der Waals surface area contributed by atoms with Gasteiger partial charge < -0.3 is 9.52 Å². The number of non-ortho nitro benzene ring substituents is 1. The van der Waals surface area contributed by atoms with Crippen molar-refractivity contribution in [3.05, 3.63) is 62.9 Å². The number of thioether (sulfide) groups is 1. The zero-order chi connectivity index (χ0) is 17.3. The Hall–Kier alpha value is -2.65. The van der Waals surface area contributed by atoms with Crippen LogP contribution in [0.25, 0.3) is 6.08 Å². The van der Waals surface area contributed by atoms with Crippen LogP contribution in [0.3, 0.4) is 0 Å². The van der Waals surface area contributed by atoms with E-state index < -0.39 is 4.92 Å². The Morgan fingerprint density at radius 2 is 2.21 bits per heavy atom. The molecule has 2 heterocycles. The molecule has 1 aliphatic rings. The summed E-state index contributed by atoms with van der Waals surface area (Å²) in [5.74, 6) is 0.0926. The summed E-state index contributed by atoms with van der Waals surface area (Å²) in [6.07, 6.45) is 2.90. The molecule has 9 heteroatoms. The van der Waals surface area contributed by atoms with Gasteiger partial charge in [0.25, 0.3) is 11.6 Å². The van der Waals surface area contributed by atoms with E-state index in [1.54, 1.807) is 12.1 Å². The number of carbonyl (C=O) groups excluding carboxylic acids is 1. The van der Waals surface area contributed by atoms with Crippen LogP contribution >= 0.6 is 24.0 Å².